The van der Waals surface area contributed by atoms with Gasteiger partial charge in [-0.3, -0.25) is 4.79 Å². The lowest BCUT2D eigenvalue weighted by atomic mass is 9.88. The molecule has 9 heteroatoms. The van der Waals surface area contributed by atoms with E-state index in [9.17, 15) is 17.6 Å². The van der Waals surface area contributed by atoms with Crippen LogP contribution in [0, 0.1) is 11.7 Å². The summed E-state index contributed by atoms with van der Waals surface area (Å²) in [4.78, 5) is 17.6. The maximum atomic E-state index is 13.5. The van der Waals surface area contributed by atoms with Gasteiger partial charge in [-0.1, -0.05) is 23.7 Å². The monoisotopic (exact) mass is 479 g/mol. The summed E-state index contributed by atoms with van der Waals surface area (Å²) in [6, 6.07) is 11.8. The number of halogens is 2. The molecule has 1 saturated heterocycles. The van der Waals surface area contributed by atoms with Crippen molar-refractivity contribution in [1.82, 2.24) is 14.5 Å². The van der Waals surface area contributed by atoms with Gasteiger partial charge in [0.2, 0.25) is 15.9 Å². The number of piperazine rings is 1. The second-order valence-electron chi connectivity index (χ2n) is 8.64. The van der Waals surface area contributed by atoms with Crippen molar-refractivity contribution >= 4 is 27.5 Å². The van der Waals surface area contributed by atoms with Crippen LogP contribution in [-0.2, 0) is 14.8 Å². The lowest BCUT2D eigenvalue weighted by molar-refractivity contribution is -0.137. The quantitative estimate of drug-likeness (QED) is 0.715. The van der Waals surface area contributed by atoms with Gasteiger partial charge in [-0.15, -0.1) is 0 Å². The van der Waals surface area contributed by atoms with Gasteiger partial charge in [0, 0.05) is 43.2 Å². The molecule has 2 aromatic rings. The fourth-order valence-corrected chi connectivity index (χ4v) is 6.04. The maximum Gasteiger partial charge on any atom is 0.240 e. The van der Waals surface area contributed by atoms with E-state index >= 15 is 0 Å². The number of hydrogen-bond donors (Lipinski definition) is 1. The number of amides is 1. The van der Waals surface area contributed by atoms with E-state index in [1.165, 1.54) is 36.4 Å². The molecule has 3 atom stereocenters. The maximum absolute atomic E-state index is 13.5. The van der Waals surface area contributed by atoms with Gasteiger partial charge < -0.3 is 9.80 Å². The molecule has 1 aliphatic carbocycles. The topological polar surface area (TPSA) is 69.7 Å². The molecular formula is C23H27ClFN3O3S. The van der Waals surface area contributed by atoms with Crippen LogP contribution in [0.1, 0.15) is 24.3 Å². The molecular weight excluding hydrogens is 453 g/mol. The standard InChI is InChI=1S/C23H27ClFN3O3S/c1-27-10-12-28(13-11-27)23(29)22-15-19(14-21(22)16-2-6-18(25)7-3-16)26-32(30,31)20-8-4-17(24)5-9-20/h2-9,19,21-22,26H,10-15H2,1H3/t19-,21+,22-/m0/s1. The van der Waals surface area contributed by atoms with Crippen LogP contribution >= 0.6 is 11.6 Å². The Morgan fingerprint density at radius 2 is 1.62 bits per heavy atom. The van der Waals surface area contributed by atoms with Crippen molar-refractivity contribution in [2.45, 2.75) is 29.7 Å². The van der Waals surface area contributed by atoms with Gasteiger partial charge in [0.15, 0.2) is 0 Å². The highest BCUT2D eigenvalue weighted by Crippen LogP contribution is 2.41. The van der Waals surface area contributed by atoms with Crippen molar-refractivity contribution in [3.63, 3.8) is 0 Å². The Bertz CT molecular complexity index is 1050. The summed E-state index contributed by atoms with van der Waals surface area (Å²) < 4.78 is 42.1. The minimum atomic E-state index is -3.75. The van der Waals surface area contributed by atoms with Gasteiger partial charge in [-0.25, -0.2) is 17.5 Å². The van der Waals surface area contributed by atoms with Gasteiger partial charge >= 0.3 is 0 Å². The van der Waals surface area contributed by atoms with Gasteiger partial charge in [0.25, 0.3) is 0 Å². The molecule has 32 heavy (non-hydrogen) atoms. The average Bonchev–Trinajstić information content (AvgIpc) is 3.17. The number of likely N-dealkylation sites (N-methyl/N-ethyl adjacent to an activating group) is 1. The average molecular weight is 480 g/mol. The first-order chi connectivity index (χ1) is 15.2. The van der Waals surface area contributed by atoms with Crippen LogP contribution in [0.2, 0.25) is 5.02 Å². The van der Waals surface area contributed by atoms with E-state index in [-0.39, 0.29) is 28.5 Å². The van der Waals surface area contributed by atoms with E-state index in [1.54, 1.807) is 12.1 Å². The molecule has 1 heterocycles. The van der Waals surface area contributed by atoms with Crippen LogP contribution in [0.5, 0.6) is 0 Å². The van der Waals surface area contributed by atoms with E-state index < -0.39 is 16.1 Å². The second kappa shape index (κ2) is 9.47. The third kappa shape index (κ3) is 5.14. The van der Waals surface area contributed by atoms with Crippen LogP contribution in [0.4, 0.5) is 4.39 Å². The molecule has 0 spiro atoms. The summed E-state index contributed by atoms with van der Waals surface area (Å²) in [6.07, 6.45) is 0.878. The molecule has 1 aliphatic heterocycles. The zero-order valence-corrected chi connectivity index (χ0v) is 19.4. The number of benzene rings is 2. The number of nitrogens with zero attached hydrogens (tertiary/aromatic N) is 2. The molecule has 0 radical (unpaired) electrons. The molecule has 2 aliphatic rings. The number of rotatable bonds is 5. The first-order valence-electron chi connectivity index (χ1n) is 10.7. The number of carbonyl (C=O) groups is 1. The van der Waals surface area contributed by atoms with Crippen molar-refractivity contribution < 1.29 is 17.6 Å². The fraction of sp³-hybridized carbons (Fsp3) is 0.435. The number of nitrogens with one attached hydrogen (secondary N) is 1. The Kier molecular flexibility index (Phi) is 6.86. The number of hydrogen-bond acceptors (Lipinski definition) is 4. The molecule has 6 nitrogen and oxygen atoms in total. The zero-order valence-electron chi connectivity index (χ0n) is 17.9. The minimum absolute atomic E-state index is 0.0422. The third-order valence-electron chi connectivity index (χ3n) is 6.44. The molecule has 1 saturated carbocycles. The highest BCUT2D eigenvalue weighted by Gasteiger charge is 2.43. The normalized spacial score (nSPS) is 24.6. The van der Waals surface area contributed by atoms with Crippen molar-refractivity contribution in [2.24, 2.45) is 5.92 Å². The van der Waals surface area contributed by atoms with Crippen LogP contribution in [-0.4, -0.2) is 63.4 Å². The van der Waals surface area contributed by atoms with E-state index in [0.717, 1.165) is 18.7 Å². The highest BCUT2D eigenvalue weighted by atomic mass is 35.5. The molecule has 2 fully saturated rings. The Morgan fingerprint density at radius 3 is 2.25 bits per heavy atom. The molecule has 1 N–H and O–H groups in total. The van der Waals surface area contributed by atoms with Crippen molar-refractivity contribution in [2.75, 3.05) is 33.2 Å². The fourth-order valence-electron chi connectivity index (χ4n) is 4.65. The molecule has 0 unspecified atom stereocenters. The summed E-state index contributed by atoms with van der Waals surface area (Å²) in [5.41, 5.74) is 0.854. The largest absolute Gasteiger partial charge is 0.340 e. The molecule has 0 aromatic heterocycles. The number of carbonyl (C=O) groups excluding carboxylic acids is 1. The Labute approximate surface area is 193 Å². The van der Waals surface area contributed by atoms with E-state index in [1.807, 2.05) is 11.9 Å². The Morgan fingerprint density at radius 1 is 1.00 bits per heavy atom. The van der Waals surface area contributed by atoms with Crippen LogP contribution in [0.25, 0.3) is 0 Å². The first kappa shape index (κ1) is 23.2. The van der Waals surface area contributed by atoms with Gasteiger partial charge in [-0.05, 0) is 67.8 Å². The van der Waals surface area contributed by atoms with Crippen molar-refractivity contribution in [3.8, 4) is 0 Å². The van der Waals surface area contributed by atoms with Crippen LogP contribution < -0.4 is 4.72 Å². The third-order valence-corrected chi connectivity index (χ3v) is 8.23. The Hall–Kier alpha value is -2.00. The summed E-state index contributed by atoms with van der Waals surface area (Å²) >= 11 is 5.88. The van der Waals surface area contributed by atoms with E-state index in [2.05, 4.69) is 9.62 Å². The summed E-state index contributed by atoms with van der Waals surface area (Å²) in [5.74, 6) is -0.836. The minimum Gasteiger partial charge on any atom is -0.340 e. The van der Waals surface area contributed by atoms with Crippen LogP contribution in [0.15, 0.2) is 53.4 Å². The molecule has 2 aromatic carbocycles. The van der Waals surface area contributed by atoms with E-state index in [4.69, 9.17) is 11.6 Å². The van der Waals surface area contributed by atoms with Gasteiger partial charge in [0.05, 0.1) is 4.90 Å². The van der Waals surface area contributed by atoms with Crippen LogP contribution in [0.3, 0.4) is 0 Å². The van der Waals surface area contributed by atoms with Crippen molar-refractivity contribution in [1.29, 1.82) is 0 Å². The molecule has 4 rings (SSSR count). The zero-order chi connectivity index (χ0) is 22.9. The number of sulfonamides is 1. The Balaban J connectivity index is 1.55. The van der Waals surface area contributed by atoms with E-state index in [0.29, 0.717) is 31.0 Å². The molecule has 1 amide bonds. The predicted molar refractivity (Wildman–Crippen MR) is 122 cm³/mol. The lowest BCUT2D eigenvalue weighted by Gasteiger charge is -2.35. The SMILES string of the molecule is CN1CCN(C(=O)[C@H]2C[C@@H](NS(=O)(=O)c3ccc(Cl)cc3)C[C@@H]2c2ccc(F)cc2)CC1. The highest BCUT2D eigenvalue weighted by molar-refractivity contribution is 7.89. The predicted octanol–water partition coefficient (Wildman–Crippen LogP) is 3.09. The molecule has 0 bridgehead atoms. The molecule has 172 valence electrons. The summed E-state index contributed by atoms with van der Waals surface area (Å²) in [5, 5.41) is 0.457. The van der Waals surface area contributed by atoms with Gasteiger partial charge in [-0.2, -0.15) is 0 Å². The van der Waals surface area contributed by atoms with Crippen molar-refractivity contribution in [3.05, 3.63) is 64.9 Å². The summed E-state index contributed by atoms with van der Waals surface area (Å²) in [6.45, 7) is 2.94. The second-order valence-corrected chi connectivity index (χ2v) is 10.8. The van der Waals surface area contributed by atoms with Gasteiger partial charge in [0.1, 0.15) is 5.82 Å². The first-order valence-corrected chi connectivity index (χ1v) is 12.6. The lowest BCUT2D eigenvalue weighted by Crippen LogP contribution is -2.49. The smallest absolute Gasteiger partial charge is 0.240 e. The summed E-state index contributed by atoms with van der Waals surface area (Å²) in [7, 11) is -1.73.